The minimum atomic E-state index is -0.640. The van der Waals surface area contributed by atoms with Crippen LogP contribution in [-0.4, -0.2) is 35.6 Å². The monoisotopic (exact) mass is 183 g/mol. The lowest BCUT2D eigenvalue weighted by Crippen LogP contribution is -2.23. The van der Waals surface area contributed by atoms with Crippen LogP contribution in [0.1, 0.15) is 25.7 Å². The Hall–Kier alpha value is -0.570. The van der Waals surface area contributed by atoms with E-state index < -0.39 is 5.97 Å². The van der Waals surface area contributed by atoms with Gasteiger partial charge < -0.3 is 10.0 Å². The van der Waals surface area contributed by atoms with E-state index in [1.165, 1.54) is 19.4 Å². The van der Waals surface area contributed by atoms with Crippen LogP contribution in [0.15, 0.2) is 0 Å². The topological polar surface area (TPSA) is 40.5 Å². The van der Waals surface area contributed by atoms with Crippen LogP contribution in [0.4, 0.5) is 0 Å². The molecule has 1 heterocycles. The first-order valence-corrected chi connectivity index (χ1v) is 5.18. The summed E-state index contributed by atoms with van der Waals surface area (Å²) in [5, 5.41) is 8.64. The molecule has 1 aliphatic carbocycles. The molecule has 0 aromatic heterocycles. The molecule has 2 rings (SSSR count). The van der Waals surface area contributed by atoms with Gasteiger partial charge >= 0.3 is 5.97 Å². The van der Waals surface area contributed by atoms with E-state index in [2.05, 4.69) is 4.90 Å². The molecule has 1 unspecified atom stereocenters. The molecule has 3 heteroatoms. The van der Waals surface area contributed by atoms with Gasteiger partial charge in [0, 0.05) is 19.5 Å². The van der Waals surface area contributed by atoms with E-state index in [1.54, 1.807) is 0 Å². The van der Waals surface area contributed by atoms with Crippen LogP contribution in [0, 0.1) is 11.8 Å². The van der Waals surface area contributed by atoms with Crippen LogP contribution in [-0.2, 0) is 4.79 Å². The molecule has 0 aromatic carbocycles. The molecule has 1 aliphatic heterocycles. The van der Waals surface area contributed by atoms with E-state index in [1.807, 2.05) is 0 Å². The van der Waals surface area contributed by atoms with E-state index in [0.717, 1.165) is 25.4 Å². The highest BCUT2D eigenvalue weighted by Crippen LogP contribution is 2.31. The SMILES string of the molecule is O=C(O)CC1CCN(CC2CC2)C1. The van der Waals surface area contributed by atoms with Gasteiger partial charge in [0.2, 0.25) is 0 Å². The summed E-state index contributed by atoms with van der Waals surface area (Å²) in [4.78, 5) is 12.9. The van der Waals surface area contributed by atoms with Gasteiger partial charge in [0.05, 0.1) is 0 Å². The van der Waals surface area contributed by atoms with E-state index in [-0.39, 0.29) is 0 Å². The predicted molar refractivity (Wildman–Crippen MR) is 49.5 cm³/mol. The second-order valence-electron chi connectivity index (χ2n) is 4.46. The lowest BCUT2D eigenvalue weighted by molar-refractivity contribution is -0.138. The Bertz CT molecular complexity index is 201. The van der Waals surface area contributed by atoms with Crippen molar-refractivity contribution in [1.82, 2.24) is 4.90 Å². The van der Waals surface area contributed by atoms with Crippen molar-refractivity contribution < 1.29 is 9.90 Å². The summed E-state index contributed by atoms with van der Waals surface area (Å²) in [6.07, 6.45) is 4.22. The van der Waals surface area contributed by atoms with Crippen molar-refractivity contribution >= 4 is 5.97 Å². The Morgan fingerprint density at radius 3 is 2.69 bits per heavy atom. The highest BCUT2D eigenvalue weighted by molar-refractivity contribution is 5.67. The van der Waals surface area contributed by atoms with Gasteiger partial charge in [0.15, 0.2) is 0 Å². The quantitative estimate of drug-likeness (QED) is 0.711. The van der Waals surface area contributed by atoms with Crippen LogP contribution < -0.4 is 0 Å². The summed E-state index contributed by atoms with van der Waals surface area (Å²) in [5.74, 6) is 0.707. The first-order valence-electron chi connectivity index (χ1n) is 5.18. The summed E-state index contributed by atoms with van der Waals surface area (Å²) < 4.78 is 0. The maximum Gasteiger partial charge on any atom is 0.303 e. The molecule has 0 bridgehead atoms. The molecular weight excluding hydrogens is 166 g/mol. The van der Waals surface area contributed by atoms with Crippen molar-refractivity contribution in [1.29, 1.82) is 0 Å². The second kappa shape index (κ2) is 3.66. The second-order valence-corrected chi connectivity index (χ2v) is 4.46. The Morgan fingerprint density at radius 1 is 1.31 bits per heavy atom. The van der Waals surface area contributed by atoms with Gasteiger partial charge in [-0.1, -0.05) is 0 Å². The van der Waals surface area contributed by atoms with Gasteiger partial charge in [0.25, 0.3) is 0 Å². The van der Waals surface area contributed by atoms with E-state index in [4.69, 9.17) is 5.11 Å². The third kappa shape index (κ3) is 2.69. The molecule has 13 heavy (non-hydrogen) atoms. The Kier molecular flexibility index (Phi) is 2.54. The number of rotatable bonds is 4. The van der Waals surface area contributed by atoms with Crippen molar-refractivity contribution in [3.8, 4) is 0 Å². The minimum Gasteiger partial charge on any atom is -0.481 e. The average molecular weight is 183 g/mol. The molecule has 1 saturated heterocycles. The summed E-state index contributed by atoms with van der Waals surface area (Å²) >= 11 is 0. The predicted octanol–water partition coefficient (Wildman–Crippen LogP) is 1.19. The number of carbonyl (C=O) groups is 1. The standard InChI is InChI=1S/C10H17NO2/c12-10(13)5-9-3-4-11(7-9)6-8-1-2-8/h8-9H,1-7H2,(H,12,13). The molecule has 2 fully saturated rings. The fourth-order valence-electron chi connectivity index (χ4n) is 2.16. The summed E-state index contributed by atoms with van der Waals surface area (Å²) in [5.41, 5.74) is 0. The first-order chi connectivity index (χ1) is 6.24. The van der Waals surface area contributed by atoms with Crippen LogP contribution in [0.25, 0.3) is 0 Å². The molecule has 74 valence electrons. The fourth-order valence-corrected chi connectivity index (χ4v) is 2.16. The van der Waals surface area contributed by atoms with Crippen molar-refractivity contribution in [3.05, 3.63) is 0 Å². The van der Waals surface area contributed by atoms with Crippen molar-refractivity contribution in [2.45, 2.75) is 25.7 Å². The minimum absolute atomic E-state index is 0.362. The van der Waals surface area contributed by atoms with E-state index in [0.29, 0.717) is 12.3 Å². The van der Waals surface area contributed by atoms with Gasteiger partial charge in [-0.3, -0.25) is 4.79 Å². The number of hydrogen-bond donors (Lipinski definition) is 1. The fraction of sp³-hybridized carbons (Fsp3) is 0.900. The summed E-state index contributed by atoms with van der Waals surface area (Å²) in [6, 6.07) is 0. The highest BCUT2D eigenvalue weighted by atomic mass is 16.4. The van der Waals surface area contributed by atoms with E-state index >= 15 is 0 Å². The Labute approximate surface area is 78.7 Å². The van der Waals surface area contributed by atoms with Crippen LogP contribution in [0.3, 0.4) is 0 Å². The van der Waals surface area contributed by atoms with Crippen LogP contribution in [0.5, 0.6) is 0 Å². The van der Waals surface area contributed by atoms with Crippen molar-refractivity contribution in [2.24, 2.45) is 11.8 Å². The number of hydrogen-bond acceptors (Lipinski definition) is 2. The normalized spacial score (nSPS) is 29.4. The molecule has 3 nitrogen and oxygen atoms in total. The molecule has 0 aromatic rings. The van der Waals surface area contributed by atoms with Gasteiger partial charge in [-0.15, -0.1) is 0 Å². The largest absolute Gasteiger partial charge is 0.481 e. The maximum atomic E-state index is 10.5. The number of likely N-dealkylation sites (tertiary alicyclic amines) is 1. The van der Waals surface area contributed by atoms with Gasteiger partial charge in [-0.05, 0) is 37.6 Å². The summed E-state index contributed by atoms with van der Waals surface area (Å²) in [7, 11) is 0. The molecular formula is C10H17NO2. The highest BCUT2D eigenvalue weighted by Gasteiger charge is 2.29. The molecule has 1 atom stereocenters. The van der Waals surface area contributed by atoms with Gasteiger partial charge in [-0.2, -0.15) is 0 Å². The molecule has 2 aliphatic rings. The molecule has 1 N–H and O–H groups in total. The van der Waals surface area contributed by atoms with Crippen LogP contribution >= 0.6 is 0 Å². The zero-order valence-corrected chi connectivity index (χ0v) is 7.91. The average Bonchev–Trinajstić information content (AvgIpc) is 2.73. The lowest BCUT2D eigenvalue weighted by atomic mass is 10.1. The number of carboxylic acids is 1. The zero-order valence-electron chi connectivity index (χ0n) is 7.91. The molecule has 0 amide bonds. The molecule has 1 saturated carbocycles. The Balaban J connectivity index is 1.69. The maximum absolute atomic E-state index is 10.5. The lowest BCUT2D eigenvalue weighted by Gasteiger charge is -2.14. The van der Waals surface area contributed by atoms with Crippen LogP contribution in [0.2, 0.25) is 0 Å². The van der Waals surface area contributed by atoms with Crippen molar-refractivity contribution in [2.75, 3.05) is 19.6 Å². The van der Waals surface area contributed by atoms with E-state index in [9.17, 15) is 4.79 Å². The Morgan fingerprint density at radius 2 is 2.08 bits per heavy atom. The molecule has 0 radical (unpaired) electrons. The third-order valence-corrected chi connectivity index (χ3v) is 3.05. The van der Waals surface area contributed by atoms with Gasteiger partial charge in [-0.25, -0.2) is 0 Å². The zero-order chi connectivity index (χ0) is 9.26. The first kappa shape index (κ1) is 9.00. The van der Waals surface area contributed by atoms with Gasteiger partial charge in [0.1, 0.15) is 0 Å². The smallest absolute Gasteiger partial charge is 0.303 e. The third-order valence-electron chi connectivity index (χ3n) is 3.05. The number of aliphatic carboxylic acids is 1. The number of nitrogens with zero attached hydrogens (tertiary/aromatic N) is 1. The van der Waals surface area contributed by atoms with Crippen molar-refractivity contribution in [3.63, 3.8) is 0 Å². The molecule has 0 spiro atoms. The number of carboxylic acid groups (broad SMARTS) is 1. The summed E-state index contributed by atoms with van der Waals surface area (Å²) in [6.45, 7) is 3.35.